The second-order valence-corrected chi connectivity index (χ2v) is 4.94. The van der Waals surface area contributed by atoms with Crippen LogP contribution in [0, 0.1) is 5.82 Å². The van der Waals surface area contributed by atoms with Gasteiger partial charge in [0.05, 0.1) is 11.3 Å². The fraction of sp³-hybridized carbons (Fsp3) is 0.364. The van der Waals surface area contributed by atoms with Crippen molar-refractivity contribution in [2.45, 2.75) is 0 Å². The number of thioether (sulfide) groups is 1. The molecule has 0 unspecified atom stereocenters. The Kier molecular flexibility index (Phi) is 3.86. The number of amides is 1. The number of nitrogens with zero attached hydrogens (tertiary/aromatic N) is 1. The van der Waals surface area contributed by atoms with Crippen molar-refractivity contribution in [2.24, 2.45) is 5.84 Å². The van der Waals surface area contributed by atoms with Gasteiger partial charge < -0.3 is 10.3 Å². The van der Waals surface area contributed by atoms with Crippen molar-refractivity contribution < 1.29 is 9.18 Å². The van der Waals surface area contributed by atoms with Gasteiger partial charge in [-0.1, -0.05) is 6.07 Å². The Balaban J connectivity index is 2.26. The lowest BCUT2D eigenvalue weighted by Gasteiger charge is -2.27. The minimum atomic E-state index is -0.510. The van der Waals surface area contributed by atoms with Crippen molar-refractivity contribution in [2.75, 3.05) is 30.0 Å². The molecule has 0 atom stereocenters. The summed E-state index contributed by atoms with van der Waals surface area (Å²) in [6.07, 6.45) is 0. The number of nitrogen functional groups attached to an aromatic ring is 1. The molecular formula is C11H14FN3OS. The second kappa shape index (κ2) is 5.37. The Morgan fingerprint density at radius 3 is 2.76 bits per heavy atom. The molecule has 0 spiro atoms. The third-order valence-electron chi connectivity index (χ3n) is 2.69. The minimum absolute atomic E-state index is 0.0655. The maximum absolute atomic E-state index is 13.5. The van der Waals surface area contributed by atoms with Crippen molar-refractivity contribution in [3.8, 4) is 0 Å². The summed E-state index contributed by atoms with van der Waals surface area (Å²) in [5.74, 6) is 6.42. The van der Waals surface area contributed by atoms with Gasteiger partial charge in [0.2, 0.25) is 0 Å². The van der Waals surface area contributed by atoms with Crippen molar-refractivity contribution in [1.29, 1.82) is 0 Å². The molecule has 1 aliphatic rings. The van der Waals surface area contributed by atoms with Gasteiger partial charge in [-0.3, -0.25) is 10.6 Å². The van der Waals surface area contributed by atoms with Crippen LogP contribution in [0.1, 0.15) is 10.4 Å². The molecule has 1 aliphatic heterocycles. The topological polar surface area (TPSA) is 58.4 Å². The molecule has 4 nitrogen and oxygen atoms in total. The van der Waals surface area contributed by atoms with Crippen LogP contribution in [0.2, 0.25) is 0 Å². The number of carbonyl (C=O) groups is 1. The second-order valence-electron chi connectivity index (χ2n) is 3.71. The summed E-state index contributed by atoms with van der Waals surface area (Å²) in [4.78, 5) is 13.9. The van der Waals surface area contributed by atoms with Crippen LogP contribution in [0.15, 0.2) is 18.2 Å². The Hall–Kier alpha value is -1.27. The van der Waals surface area contributed by atoms with Gasteiger partial charge in [-0.15, -0.1) is 0 Å². The van der Waals surface area contributed by atoms with E-state index >= 15 is 0 Å². The van der Waals surface area contributed by atoms with E-state index in [0.717, 1.165) is 11.5 Å². The van der Waals surface area contributed by atoms with Gasteiger partial charge >= 0.3 is 0 Å². The van der Waals surface area contributed by atoms with Crippen LogP contribution in [-0.2, 0) is 0 Å². The van der Waals surface area contributed by atoms with E-state index < -0.39 is 5.82 Å². The molecular weight excluding hydrogens is 241 g/mol. The fourth-order valence-electron chi connectivity index (χ4n) is 1.79. The molecule has 1 heterocycles. The van der Waals surface area contributed by atoms with E-state index in [1.54, 1.807) is 11.0 Å². The van der Waals surface area contributed by atoms with Crippen LogP contribution in [0.5, 0.6) is 0 Å². The Morgan fingerprint density at radius 2 is 2.12 bits per heavy atom. The highest BCUT2D eigenvalue weighted by Gasteiger charge is 2.22. The number of rotatable bonds is 2. The largest absolute Gasteiger partial charge is 0.337 e. The number of anilines is 1. The zero-order valence-corrected chi connectivity index (χ0v) is 10.1. The molecule has 17 heavy (non-hydrogen) atoms. The minimum Gasteiger partial charge on any atom is -0.337 e. The van der Waals surface area contributed by atoms with Crippen LogP contribution in [0.4, 0.5) is 10.1 Å². The van der Waals surface area contributed by atoms with Crippen LogP contribution < -0.4 is 11.3 Å². The Bertz CT molecular complexity index is 421. The summed E-state index contributed by atoms with van der Waals surface area (Å²) in [7, 11) is 0. The van der Waals surface area contributed by atoms with Crippen molar-refractivity contribution in [3.63, 3.8) is 0 Å². The molecule has 0 aromatic heterocycles. The summed E-state index contributed by atoms with van der Waals surface area (Å²) >= 11 is 1.82. The quantitative estimate of drug-likeness (QED) is 0.618. The number of halogens is 1. The first-order valence-electron chi connectivity index (χ1n) is 5.36. The van der Waals surface area contributed by atoms with Gasteiger partial charge in [-0.25, -0.2) is 4.39 Å². The van der Waals surface area contributed by atoms with Crippen molar-refractivity contribution in [3.05, 3.63) is 29.6 Å². The summed E-state index contributed by atoms with van der Waals surface area (Å²) in [6, 6.07) is 4.38. The monoisotopic (exact) mass is 255 g/mol. The molecule has 1 aromatic carbocycles. The van der Waals surface area contributed by atoms with Gasteiger partial charge in [-0.2, -0.15) is 11.8 Å². The van der Waals surface area contributed by atoms with E-state index in [9.17, 15) is 9.18 Å². The van der Waals surface area contributed by atoms with E-state index in [4.69, 9.17) is 5.84 Å². The number of hydrazine groups is 1. The van der Waals surface area contributed by atoms with E-state index in [1.165, 1.54) is 12.1 Å². The normalized spacial score (nSPS) is 15.8. The highest BCUT2D eigenvalue weighted by Crippen LogP contribution is 2.21. The molecule has 6 heteroatoms. The average molecular weight is 255 g/mol. The van der Waals surface area contributed by atoms with Crippen LogP contribution in [0.3, 0.4) is 0 Å². The lowest BCUT2D eigenvalue weighted by molar-refractivity contribution is 0.0773. The molecule has 1 fully saturated rings. The predicted octanol–water partition coefficient (Wildman–Crippen LogP) is 1.30. The van der Waals surface area contributed by atoms with Gasteiger partial charge in [0, 0.05) is 24.6 Å². The first-order valence-corrected chi connectivity index (χ1v) is 6.51. The first-order chi connectivity index (χ1) is 8.24. The molecule has 2 rings (SSSR count). The predicted molar refractivity (Wildman–Crippen MR) is 67.4 cm³/mol. The summed E-state index contributed by atoms with van der Waals surface area (Å²) < 4.78 is 13.5. The molecule has 0 bridgehead atoms. The molecule has 0 radical (unpaired) electrons. The number of hydrogen-bond donors (Lipinski definition) is 2. The SMILES string of the molecule is NNc1c(F)cccc1C(=O)N1CCSCC1. The van der Waals surface area contributed by atoms with Gasteiger partial charge in [0.1, 0.15) is 5.82 Å². The molecule has 92 valence electrons. The van der Waals surface area contributed by atoms with Crippen molar-refractivity contribution in [1.82, 2.24) is 4.90 Å². The highest BCUT2D eigenvalue weighted by molar-refractivity contribution is 7.99. The van der Waals surface area contributed by atoms with E-state index in [1.807, 2.05) is 11.8 Å². The fourth-order valence-corrected chi connectivity index (χ4v) is 2.69. The lowest BCUT2D eigenvalue weighted by atomic mass is 10.1. The van der Waals surface area contributed by atoms with Gasteiger partial charge in [0.25, 0.3) is 5.91 Å². The Labute approximate surface area is 103 Å². The van der Waals surface area contributed by atoms with Crippen LogP contribution in [-0.4, -0.2) is 35.4 Å². The summed E-state index contributed by atoms with van der Waals surface area (Å²) in [5, 5.41) is 0. The zero-order valence-electron chi connectivity index (χ0n) is 9.28. The van der Waals surface area contributed by atoms with E-state index in [0.29, 0.717) is 18.7 Å². The third-order valence-corrected chi connectivity index (χ3v) is 3.63. The number of para-hydroxylation sites is 1. The zero-order chi connectivity index (χ0) is 12.3. The molecule has 0 saturated carbocycles. The standard InChI is InChI=1S/C11H14FN3OS/c12-9-3-1-2-8(10(9)14-13)11(16)15-4-6-17-7-5-15/h1-3,14H,4-7,13H2. The molecule has 0 aliphatic carbocycles. The van der Waals surface area contributed by atoms with Crippen LogP contribution >= 0.6 is 11.8 Å². The molecule has 3 N–H and O–H groups in total. The highest BCUT2D eigenvalue weighted by atomic mass is 32.2. The van der Waals surface area contributed by atoms with Crippen LogP contribution in [0.25, 0.3) is 0 Å². The molecule has 1 amide bonds. The first kappa shape index (κ1) is 12.2. The number of carbonyl (C=O) groups excluding carboxylic acids is 1. The molecule has 1 aromatic rings. The maximum atomic E-state index is 13.5. The maximum Gasteiger partial charge on any atom is 0.256 e. The van der Waals surface area contributed by atoms with E-state index in [-0.39, 0.29) is 11.6 Å². The smallest absolute Gasteiger partial charge is 0.256 e. The number of benzene rings is 1. The van der Waals surface area contributed by atoms with Crippen molar-refractivity contribution >= 4 is 23.4 Å². The Morgan fingerprint density at radius 1 is 1.41 bits per heavy atom. The lowest BCUT2D eigenvalue weighted by Crippen LogP contribution is -2.38. The van der Waals surface area contributed by atoms with Gasteiger partial charge in [-0.05, 0) is 12.1 Å². The number of nitrogens with two attached hydrogens (primary N) is 1. The molecule has 1 saturated heterocycles. The van der Waals surface area contributed by atoms with Gasteiger partial charge in [0.15, 0.2) is 0 Å². The summed E-state index contributed by atoms with van der Waals surface area (Å²) in [6.45, 7) is 1.40. The number of hydrogen-bond acceptors (Lipinski definition) is 4. The summed E-state index contributed by atoms with van der Waals surface area (Å²) in [5.41, 5.74) is 2.61. The number of nitrogens with one attached hydrogen (secondary N) is 1. The third kappa shape index (κ3) is 2.53. The van der Waals surface area contributed by atoms with E-state index in [2.05, 4.69) is 5.43 Å². The average Bonchev–Trinajstić information content (AvgIpc) is 2.38.